The molecule has 2 atom stereocenters. The van der Waals surface area contributed by atoms with Crippen LogP contribution in [0.25, 0.3) is 11.0 Å². The molecule has 1 N–H and O–H groups in total. The van der Waals surface area contributed by atoms with Crippen LogP contribution in [0.5, 0.6) is 0 Å². The van der Waals surface area contributed by atoms with E-state index < -0.39 is 0 Å². The number of benzene rings is 1. The first-order valence-electron chi connectivity index (χ1n) is 7.61. The van der Waals surface area contributed by atoms with E-state index in [-0.39, 0.29) is 5.41 Å². The monoisotopic (exact) mass is 269 g/mol. The molecule has 0 amide bonds. The van der Waals surface area contributed by atoms with Gasteiger partial charge in [0.05, 0.1) is 17.4 Å². The van der Waals surface area contributed by atoms with E-state index in [1.807, 2.05) is 6.33 Å². The molecule has 1 aromatic heterocycles. The predicted octanol–water partition coefficient (Wildman–Crippen LogP) is 2.78. The van der Waals surface area contributed by atoms with E-state index in [9.17, 15) is 0 Å². The summed E-state index contributed by atoms with van der Waals surface area (Å²) in [5, 5.41) is 3.74. The van der Waals surface area contributed by atoms with Crippen LogP contribution in [0.15, 0.2) is 18.5 Å². The lowest BCUT2D eigenvalue weighted by Crippen LogP contribution is -2.62. The molecule has 20 heavy (non-hydrogen) atoms. The van der Waals surface area contributed by atoms with Gasteiger partial charge in [-0.2, -0.15) is 0 Å². The van der Waals surface area contributed by atoms with Gasteiger partial charge in [-0.05, 0) is 48.1 Å². The number of hydrogen-bond donors (Lipinski definition) is 1. The Balaban J connectivity index is 2.02. The highest BCUT2D eigenvalue weighted by molar-refractivity contribution is 5.78. The summed E-state index contributed by atoms with van der Waals surface area (Å²) in [5.74, 6) is 0. The van der Waals surface area contributed by atoms with Crippen molar-refractivity contribution >= 4 is 11.0 Å². The summed E-state index contributed by atoms with van der Waals surface area (Å²) in [6, 6.07) is 5.30. The van der Waals surface area contributed by atoms with Crippen LogP contribution in [-0.2, 0) is 18.9 Å². The van der Waals surface area contributed by atoms with Crippen molar-refractivity contribution in [3.63, 3.8) is 0 Å². The molecular formula is C17H23N3. The van der Waals surface area contributed by atoms with Crippen molar-refractivity contribution in [3.8, 4) is 0 Å². The Bertz CT molecular complexity index is 698. The third kappa shape index (κ3) is 1.32. The van der Waals surface area contributed by atoms with E-state index in [1.165, 1.54) is 23.1 Å². The molecule has 0 radical (unpaired) electrons. The minimum atomic E-state index is 0.252. The van der Waals surface area contributed by atoms with Gasteiger partial charge >= 0.3 is 0 Å². The van der Waals surface area contributed by atoms with Gasteiger partial charge in [0.15, 0.2) is 0 Å². The van der Waals surface area contributed by atoms with E-state index >= 15 is 0 Å². The minimum Gasteiger partial charge on any atom is -0.334 e. The van der Waals surface area contributed by atoms with E-state index in [1.54, 1.807) is 0 Å². The molecule has 1 aliphatic carbocycles. The third-order valence-electron chi connectivity index (χ3n) is 6.28. The molecule has 1 fully saturated rings. The topological polar surface area (TPSA) is 29.9 Å². The van der Waals surface area contributed by atoms with Gasteiger partial charge < -0.3 is 9.88 Å². The van der Waals surface area contributed by atoms with Crippen LogP contribution in [-0.4, -0.2) is 22.1 Å². The number of hydrogen-bond acceptors (Lipinski definition) is 2. The summed E-state index contributed by atoms with van der Waals surface area (Å²) in [6.45, 7) is 8.43. The number of aryl methyl sites for hydroxylation is 1. The Morgan fingerprint density at radius 1 is 1.30 bits per heavy atom. The fourth-order valence-electron chi connectivity index (χ4n) is 4.39. The van der Waals surface area contributed by atoms with Crippen molar-refractivity contribution in [3.05, 3.63) is 29.6 Å². The number of nitrogens with zero attached hydrogens (tertiary/aromatic N) is 2. The Morgan fingerprint density at radius 3 is 2.90 bits per heavy atom. The zero-order chi connectivity index (χ0) is 14.1. The molecule has 4 rings (SSSR count). The summed E-state index contributed by atoms with van der Waals surface area (Å²) >= 11 is 0. The third-order valence-corrected chi connectivity index (χ3v) is 6.28. The second-order valence-corrected chi connectivity index (χ2v) is 7.37. The minimum absolute atomic E-state index is 0.252. The van der Waals surface area contributed by atoms with Crippen molar-refractivity contribution in [1.82, 2.24) is 14.9 Å². The lowest BCUT2D eigenvalue weighted by molar-refractivity contribution is 0.0561. The van der Waals surface area contributed by atoms with Crippen molar-refractivity contribution in [2.24, 2.45) is 12.5 Å². The Morgan fingerprint density at radius 2 is 2.10 bits per heavy atom. The average molecular weight is 269 g/mol. The number of aromatic nitrogens is 2. The van der Waals surface area contributed by atoms with Crippen molar-refractivity contribution < 1.29 is 0 Å². The molecule has 0 unspecified atom stereocenters. The van der Waals surface area contributed by atoms with Crippen LogP contribution < -0.4 is 5.32 Å². The molecule has 1 saturated heterocycles. The molecule has 3 heteroatoms. The van der Waals surface area contributed by atoms with E-state index in [2.05, 4.69) is 54.8 Å². The van der Waals surface area contributed by atoms with Gasteiger partial charge in [-0.25, -0.2) is 4.98 Å². The van der Waals surface area contributed by atoms with Gasteiger partial charge in [0.25, 0.3) is 0 Å². The summed E-state index contributed by atoms with van der Waals surface area (Å²) in [6.07, 6.45) is 4.27. The molecule has 0 saturated carbocycles. The number of nitrogens with one attached hydrogen (secondary N) is 1. The fourth-order valence-corrected chi connectivity index (χ4v) is 4.39. The quantitative estimate of drug-likeness (QED) is 0.797. The molecule has 3 nitrogen and oxygen atoms in total. The van der Waals surface area contributed by atoms with Crippen LogP contribution in [0.1, 0.15) is 38.3 Å². The molecule has 0 spiro atoms. The number of piperidine rings is 1. The molecule has 1 aliphatic heterocycles. The zero-order valence-electron chi connectivity index (χ0n) is 12.8. The summed E-state index contributed by atoms with van der Waals surface area (Å²) in [5.41, 5.74) is 5.99. The van der Waals surface area contributed by atoms with Crippen LogP contribution >= 0.6 is 0 Å². The van der Waals surface area contributed by atoms with Crippen LogP contribution in [0.4, 0.5) is 0 Å². The maximum Gasteiger partial charge on any atom is 0.0955 e. The summed E-state index contributed by atoms with van der Waals surface area (Å²) in [4.78, 5) is 4.56. The highest BCUT2D eigenvalue weighted by Gasteiger charge is 2.53. The van der Waals surface area contributed by atoms with Gasteiger partial charge in [-0.1, -0.05) is 20.8 Å². The Kier molecular flexibility index (Phi) is 2.26. The first-order valence-corrected chi connectivity index (χ1v) is 7.61. The van der Waals surface area contributed by atoms with Gasteiger partial charge in [-0.15, -0.1) is 0 Å². The van der Waals surface area contributed by atoms with Crippen molar-refractivity contribution in [2.45, 2.75) is 45.1 Å². The van der Waals surface area contributed by atoms with Gasteiger partial charge in [0.1, 0.15) is 0 Å². The predicted molar refractivity (Wildman–Crippen MR) is 82.0 cm³/mol. The molecule has 1 aromatic carbocycles. The number of rotatable bonds is 0. The summed E-state index contributed by atoms with van der Waals surface area (Å²) in [7, 11) is 2.08. The molecule has 2 aliphatic rings. The molecule has 2 bridgehead atoms. The smallest absolute Gasteiger partial charge is 0.0955 e. The number of fused-ring (bicyclic) bond motifs is 5. The van der Waals surface area contributed by atoms with E-state index in [0.29, 0.717) is 11.5 Å². The van der Waals surface area contributed by atoms with E-state index in [4.69, 9.17) is 0 Å². The molecule has 106 valence electrons. The standard InChI is InChI=1S/C17H23N3/c1-16(2)15-8-11-7-14-13(19-10-20(14)4)9-12(11)17(16,3)5-6-18-15/h7,9-10,15,18H,5-6,8H2,1-4H3/t15-,17+/m1/s1. The fraction of sp³-hybridized carbons (Fsp3) is 0.588. The Labute approximate surface area is 120 Å². The van der Waals surface area contributed by atoms with Crippen LogP contribution in [0, 0.1) is 5.41 Å². The first kappa shape index (κ1) is 12.4. The van der Waals surface area contributed by atoms with Gasteiger partial charge in [-0.3, -0.25) is 0 Å². The van der Waals surface area contributed by atoms with Crippen molar-refractivity contribution in [2.75, 3.05) is 6.54 Å². The van der Waals surface area contributed by atoms with Gasteiger partial charge in [0.2, 0.25) is 0 Å². The second-order valence-electron chi connectivity index (χ2n) is 7.37. The summed E-state index contributed by atoms with van der Waals surface area (Å²) < 4.78 is 2.13. The van der Waals surface area contributed by atoms with Gasteiger partial charge in [0, 0.05) is 18.5 Å². The SMILES string of the molecule is Cn1cnc2cc3c(cc21)C[C@H]1NCC[C@]3(C)C1(C)C. The zero-order valence-corrected chi connectivity index (χ0v) is 12.8. The van der Waals surface area contributed by atoms with Crippen LogP contribution in [0.2, 0.25) is 0 Å². The van der Waals surface area contributed by atoms with Crippen molar-refractivity contribution in [1.29, 1.82) is 0 Å². The highest BCUT2D eigenvalue weighted by atomic mass is 15.0. The maximum atomic E-state index is 4.56. The molecule has 2 aromatic rings. The first-order chi connectivity index (χ1) is 9.43. The maximum absolute atomic E-state index is 4.56. The lowest BCUT2D eigenvalue weighted by atomic mass is 9.51. The average Bonchev–Trinajstić information content (AvgIpc) is 2.74. The van der Waals surface area contributed by atoms with E-state index in [0.717, 1.165) is 18.5 Å². The lowest BCUT2D eigenvalue weighted by Gasteiger charge is -2.57. The highest BCUT2D eigenvalue weighted by Crippen LogP contribution is 2.54. The second kappa shape index (κ2) is 3.64. The number of imidazole rings is 1. The Hall–Kier alpha value is -1.35. The largest absolute Gasteiger partial charge is 0.334 e. The molecule has 2 heterocycles. The molecular weight excluding hydrogens is 246 g/mol. The normalized spacial score (nSPS) is 31.3. The van der Waals surface area contributed by atoms with Crippen LogP contribution in [0.3, 0.4) is 0 Å².